The highest BCUT2D eigenvalue weighted by Gasteiger charge is 2.25. The maximum absolute atomic E-state index is 11.4. The summed E-state index contributed by atoms with van der Waals surface area (Å²) in [6.07, 6.45) is 7.23. The number of hydrogen-bond donors (Lipinski definition) is 2. The predicted octanol–water partition coefficient (Wildman–Crippen LogP) is 1.35. The molecule has 1 fully saturated rings. The van der Waals surface area contributed by atoms with E-state index >= 15 is 0 Å². The lowest BCUT2D eigenvalue weighted by Gasteiger charge is -2.21. The molecule has 1 atom stereocenters. The van der Waals surface area contributed by atoms with Crippen molar-refractivity contribution < 1.29 is 9.59 Å². The molecule has 0 aromatic carbocycles. The van der Waals surface area contributed by atoms with E-state index in [1.54, 1.807) is 0 Å². The molecule has 92 valence electrons. The van der Waals surface area contributed by atoms with Crippen molar-refractivity contribution >= 4 is 11.8 Å². The van der Waals surface area contributed by atoms with E-state index in [1.165, 1.54) is 25.7 Å². The summed E-state index contributed by atoms with van der Waals surface area (Å²) >= 11 is 0. The molecular weight excluding hydrogens is 204 g/mol. The summed E-state index contributed by atoms with van der Waals surface area (Å²) in [5.41, 5.74) is 0. The van der Waals surface area contributed by atoms with Gasteiger partial charge in [0.05, 0.1) is 6.04 Å². The Kier molecular flexibility index (Phi) is 6.08. The molecule has 0 bridgehead atoms. The minimum atomic E-state index is -0.163. The Bertz CT molecular complexity index is 241. The molecule has 1 rings (SSSR count). The molecule has 1 aliphatic heterocycles. The van der Waals surface area contributed by atoms with Crippen molar-refractivity contribution in [3.05, 3.63) is 0 Å². The first-order valence-electron chi connectivity index (χ1n) is 6.31. The highest BCUT2D eigenvalue weighted by Crippen LogP contribution is 2.05. The van der Waals surface area contributed by atoms with Crippen LogP contribution in [-0.2, 0) is 9.59 Å². The van der Waals surface area contributed by atoms with Crippen molar-refractivity contribution in [3.8, 4) is 0 Å². The Morgan fingerprint density at radius 3 is 2.69 bits per heavy atom. The van der Waals surface area contributed by atoms with Gasteiger partial charge in [0.2, 0.25) is 11.8 Å². The van der Waals surface area contributed by atoms with Crippen molar-refractivity contribution in [2.24, 2.45) is 0 Å². The van der Waals surface area contributed by atoms with Gasteiger partial charge < -0.3 is 5.32 Å². The van der Waals surface area contributed by atoms with Gasteiger partial charge in [-0.15, -0.1) is 0 Å². The first-order valence-corrected chi connectivity index (χ1v) is 6.31. The fourth-order valence-electron chi connectivity index (χ4n) is 1.89. The highest BCUT2D eigenvalue weighted by molar-refractivity contribution is 6.00. The molecule has 1 saturated heterocycles. The van der Waals surface area contributed by atoms with Crippen LogP contribution in [0.3, 0.4) is 0 Å². The summed E-state index contributed by atoms with van der Waals surface area (Å²) in [6.45, 7) is 3.07. The number of carbonyl (C=O) groups is 2. The Morgan fingerprint density at radius 2 is 2.00 bits per heavy atom. The van der Waals surface area contributed by atoms with E-state index in [9.17, 15) is 9.59 Å². The Morgan fingerprint density at radius 1 is 1.25 bits per heavy atom. The van der Waals surface area contributed by atoms with Crippen LogP contribution in [-0.4, -0.2) is 24.4 Å². The van der Waals surface area contributed by atoms with Crippen LogP contribution in [0.2, 0.25) is 0 Å². The third-order valence-electron chi connectivity index (χ3n) is 2.91. The van der Waals surface area contributed by atoms with Crippen molar-refractivity contribution in [1.29, 1.82) is 0 Å². The van der Waals surface area contributed by atoms with E-state index in [1.807, 2.05) is 0 Å². The molecule has 4 nitrogen and oxygen atoms in total. The second-order valence-corrected chi connectivity index (χ2v) is 4.37. The zero-order chi connectivity index (χ0) is 11.8. The maximum Gasteiger partial charge on any atom is 0.243 e. The molecule has 0 saturated carbocycles. The van der Waals surface area contributed by atoms with Gasteiger partial charge in [0.15, 0.2) is 0 Å². The first kappa shape index (κ1) is 13.2. The standard InChI is InChI=1S/C12H22N2O2/c1-2-3-4-5-6-9-13-10-7-8-11(15)14-12(10)16/h10,13H,2-9H2,1H3,(H,14,15,16). The third kappa shape index (κ3) is 4.75. The van der Waals surface area contributed by atoms with Crippen LogP contribution in [0.15, 0.2) is 0 Å². The fourth-order valence-corrected chi connectivity index (χ4v) is 1.89. The van der Waals surface area contributed by atoms with Gasteiger partial charge in [-0.3, -0.25) is 14.9 Å². The van der Waals surface area contributed by atoms with Gasteiger partial charge in [0.1, 0.15) is 0 Å². The van der Waals surface area contributed by atoms with Gasteiger partial charge in [-0.25, -0.2) is 0 Å². The van der Waals surface area contributed by atoms with E-state index in [-0.39, 0.29) is 17.9 Å². The van der Waals surface area contributed by atoms with Crippen LogP contribution < -0.4 is 10.6 Å². The van der Waals surface area contributed by atoms with E-state index < -0.39 is 0 Å². The average molecular weight is 226 g/mol. The molecule has 0 spiro atoms. The summed E-state index contributed by atoms with van der Waals surface area (Å²) in [5.74, 6) is -0.309. The van der Waals surface area contributed by atoms with Crippen LogP contribution in [0.1, 0.15) is 51.9 Å². The predicted molar refractivity (Wildman–Crippen MR) is 62.9 cm³/mol. The van der Waals surface area contributed by atoms with Gasteiger partial charge in [-0.2, -0.15) is 0 Å². The minimum absolute atomic E-state index is 0.147. The van der Waals surface area contributed by atoms with Gasteiger partial charge in [-0.1, -0.05) is 32.6 Å². The smallest absolute Gasteiger partial charge is 0.243 e. The molecular formula is C12H22N2O2. The van der Waals surface area contributed by atoms with Crippen molar-refractivity contribution in [1.82, 2.24) is 10.6 Å². The number of carbonyl (C=O) groups excluding carboxylic acids is 2. The van der Waals surface area contributed by atoms with Crippen molar-refractivity contribution in [3.63, 3.8) is 0 Å². The number of imide groups is 1. The quantitative estimate of drug-likeness (QED) is 0.509. The molecule has 0 aromatic rings. The van der Waals surface area contributed by atoms with Gasteiger partial charge in [-0.05, 0) is 19.4 Å². The summed E-state index contributed by atoms with van der Waals surface area (Å²) in [7, 11) is 0. The molecule has 4 heteroatoms. The average Bonchev–Trinajstić information content (AvgIpc) is 2.26. The lowest BCUT2D eigenvalue weighted by atomic mass is 10.1. The lowest BCUT2D eigenvalue weighted by molar-refractivity contribution is -0.134. The van der Waals surface area contributed by atoms with Gasteiger partial charge in [0, 0.05) is 6.42 Å². The Labute approximate surface area is 97.2 Å². The van der Waals surface area contributed by atoms with Crippen LogP contribution >= 0.6 is 0 Å². The van der Waals surface area contributed by atoms with E-state index in [2.05, 4.69) is 17.6 Å². The second-order valence-electron chi connectivity index (χ2n) is 4.37. The summed E-state index contributed by atoms with van der Waals surface area (Å²) in [5, 5.41) is 5.55. The van der Waals surface area contributed by atoms with Crippen LogP contribution in [0.4, 0.5) is 0 Å². The van der Waals surface area contributed by atoms with E-state index in [4.69, 9.17) is 0 Å². The molecule has 0 aliphatic carbocycles. The number of piperidine rings is 1. The number of hydrogen-bond acceptors (Lipinski definition) is 3. The number of nitrogens with one attached hydrogen (secondary N) is 2. The second kappa shape index (κ2) is 7.39. The summed E-state index contributed by atoms with van der Waals surface area (Å²) in [4.78, 5) is 22.3. The molecule has 2 N–H and O–H groups in total. The summed E-state index contributed by atoms with van der Waals surface area (Å²) < 4.78 is 0. The number of unbranched alkanes of at least 4 members (excludes halogenated alkanes) is 4. The van der Waals surface area contributed by atoms with E-state index in [0.29, 0.717) is 12.8 Å². The molecule has 16 heavy (non-hydrogen) atoms. The highest BCUT2D eigenvalue weighted by atomic mass is 16.2. The molecule has 0 radical (unpaired) electrons. The molecule has 1 unspecified atom stereocenters. The third-order valence-corrected chi connectivity index (χ3v) is 2.91. The fraction of sp³-hybridized carbons (Fsp3) is 0.833. The lowest BCUT2D eigenvalue weighted by Crippen LogP contribution is -2.50. The van der Waals surface area contributed by atoms with E-state index in [0.717, 1.165) is 13.0 Å². The zero-order valence-electron chi connectivity index (χ0n) is 10.1. The first-order chi connectivity index (χ1) is 7.74. The molecule has 1 aliphatic rings. The SMILES string of the molecule is CCCCCCCNC1CCC(=O)NC1=O. The number of rotatable bonds is 7. The molecule has 0 aromatic heterocycles. The van der Waals surface area contributed by atoms with Crippen LogP contribution in [0.25, 0.3) is 0 Å². The van der Waals surface area contributed by atoms with Crippen LogP contribution in [0, 0.1) is 0 Å². The largest absolute Gasteiger partial charge is 0.306 e. The zero-order valence-corrected chi connectivity index (χ0v) is 10.1. The topological polar surface area (TPSA) is 58.2 Å². The van der Waals surface area contributed by atoms with Gasteiger partial charge in [0.25, 0.3) is 0 Å². The maximum atomic E-state index is 11.4. The Hall–Kier alpha value is -0.900. The van der Waals surface area contributed by atoms with Crippen molar-refractivity contribution in [2.45, 2.75) is 57.9 Å². The number of amides is 2. The summed E-state index contributed by atoms with van der Waals surface area (Å²) in [6, 6.07) is -0.163. The normalized spacial score (nSPS) is 20.9. The van der Waals surface area contributed by atoms with Crippen molar-refractivity contribution in [2.75, 3.05) is 6.54 Å². The molecule has 2 amide bonds. The van der Waals surface area contributed by atoms with Gasteiger partial charge >= 0.3 is 0 Å². The Balaban J connectivity index is 2.04. The van der Waals surface area contributed by atoms with Crippen LogP contribution in [0.5, 0.6) is 0 Å². The minimum Gasteiger partial charge on any atom is -0.306 e. The molecule has 1 heterocycles. The monoisotopic (exact) mass is 226 g/mol.